The van der Waals surface area contributed by atoms with Gasteiger partial charge in [-0.2, -0.15) is 0 Å². The summed E-state index contributed by atoms with van der Waals surface area (Å²) < 4.78 is 15.7. The van der Waals surface area contributed by atoms with Gasteiger partial charge in [-0.25, -0.2) is 4.39 Å². The van der Waals surface area contributed by atoms with E-state index < -0.39 is 0 Å². The van der Waals surface area contributed by atoms with Gasteiger partial charge in [-0.1, -0.05) is 37.3 Å². The molecule has 2 heterocycles. The highest BCUT2D eigenvalue weighted by atomic mass is 19.1. The number of piperidine rings is 1. The number of carbonyl (C=O) groups excluding carboxylic acids is 1. The summed E-state index contributed by atoms with van der Waals surface area (Å²) in [5, 5.41) is 4.36. The van der Waals surface area contributed by atoms with Crippen LogP contribution in [0, 0.1) is 11.7 Å². The molecule has 0 aliphatic carbocycles. The summed E-state index contributed by atoms with van der Waals surface area (Å²) >= 11 is 0. The van der Waals surface area contributed by atoms with Crippen molar-refractivity contribution in [1.82, 2.24) is 14.8 Å². The van der Waals surface area contributed by atoms with Gasteiger partial charge in [0.05, 0.1) is 0 Å². The van der Waals surface area contributed by atoms with E-state index >= 15 is 0 Å². The third-order valence-electron chi connectivity index (χ3n) is 6.50. The Bertz CT molecular complexity index is 1020. The van der Waals surface area contributed by atoms with Crippen LogP contribution >= 0.6 is 0 Å². The monoisotopic (exact) mass is 421 g/mol. The Balaban J connectivity index is 1.46. The quantitative estimate of drug-likeness (QED) is 0.586. The van der Waals surface area contributed by atoms with Crippen molar-refractivity contribution in [2.75, 3.05) is 13.1 Å². The number of carbonyl (C=O) groups is 1. The van der Waals surface area contributed by atoms with Gasteiger partial charge in [-0.15, -0.1) is 0 Å². The lowest BCUT2D eigenvalue weighted by Crippen LogP contribution is -2.42. The summed E-state index contributed by atoms with van der Waals surface area (Å²) in [5.41, 5.74) is 3.54. The number of hydrogen-bond acceptors (Lipinski definition) is 2. The van der Waals surface area contributed by atoms with Crippen molar-refractivity contribution in [3.63, 3.8) is 0 Å². The van der Waals surface area contributed by atoms with Crippen LogP contribution in [0.1, 0.15) is 44.4 Å². The Kier molecular flexibility index (Phi) is 6.71. The van der Waals surface area contributed by atoms with Crippen LogP contribution in [0.15, 0.2) is 54.6 Å². The topological polar surface area (TPSA) is 37.3 Å². The molecule has 5 heteroatoms. The maximum atomic E-state index is 13.3. The lowest BCUT2D eigenvalue weighted by molar-refractivity contribution is -0.127. The molecule has 4 nitrogen and oxygen atoms in total. The van der Waals surface area contributed by atoms with E-state index in [2.05, 4.69) is 59.0 Å². The van der Waals surface area contributed by atoms with Crippen LogP contribution in [0.2, 0.25) is 0 Å². The second-order valence-corrected chi connectivity index (χ2v) is 8.78. The molecule has 2 aromatic carbocycles. The molecule has 1 saturated heterocycles. The van der Waals surface area contributed by atoms with Crippen molar-refractivity contribution in [3.8, 4) is 0 Å². The SMILES string of the molecule is CCC(C)NC(=O)C1CCN(Cc2cc3ccccc3n2Cc2ccc(F)cc2)CC1. The lowest BCUT2D eigenvalue weighted by atomic mass is 9.95. The molecule has 0 radical (unpaired) electrons. The first-order chi connectivity index (χ1) is 15.0. The number of benzene rings is 2. The van der Waals surface area contributed by atoms with E-state index in [-0.39, 0.29) is 23.7 Å². The van der Waals surface area contributed by atoms with E-state index in [1.54, 1.807) is 0 Å². The number of para-hydroxylation sites is 1. The van der Waals surface area contributed by atoms with Crippen molar-refractivity contribution in [1.29, 1.82) is 0 Å². The van der Waals surface area contributed by atoms with E-state index in [4.69, 9.17) is 0 Å². The molecule has 1 aliphatic heterocycles. The molecule has 1 amide bonds. The first-order valence-electron chi connectivity index (χ1n) is 11.4. The maximum Gasteiger partial charge on any atom is 0.223 e. The largest absolute Gasteiger partial charge is 0.353 e. The smallest absolute Gasteiger partial charge is 0.223 e. The van der Waals surface area contributed by atoms with Gasteiger partial charge in [0.1, 0.15) is 5.82 Å². The lowest BCUT2D eigenvalue weighted by Gasteiger charge is -2.32. The number of nitrogens with one attached hydrogen (secondary N) is 1. The normalized spacial score (nSPS) is 16.5. The maximum absolute atomic E-state index is 13.3. The van der Waals surface area contributed by atoms with E-state index in [1.807, 2.05) is 12.1 Å². The van der Waals surface area contributed by atoms with Gasteiger partial charge in [-0.3, -0.25) is 9.69 Å². The van der Waals surface area contributed by atoms with Crippen molar-refractivity contribution < 1.29 is 9.18 Å². The number of amides is 1. The fourth-order valence-electron chi connectivity index (χ4n) is 4.40. The average molecular weight is 422 g/mol. The minimum Gasteiger partial charge on any atom is -0.353 e. The average Bonchev–Trinajstić information content (AvgIpc) is 3.12. The predicted octanol–water partition coefficient (Wildman–Crippen LogP) is 4.96. The molecule has 0 spiro atoms. The molecule has 1 unspecified atom stereocenters. The highest BCUT2D eigenvalue weighted by Gasteiger charge is 2.26. The van der Waals surface area contributed by atoms with Crippen LogP contribution in [0.3, 0.4) is 0 Å². The molecular weight excluding hydrogens is 389 g/mol. The number of rotatable bonds is 7. The van der Waals surface area contributed by atoms with Gasteiger partial charge in [0.2, 0.25) is 5.91 Å². The molecule has 1 aromatic heterocycles. The second-order valence-electron chi connectivity index (χ2n) is 8.78. The first-order valence-corrected chi connectivity index (χ1v) is 11.4. The van der Waals surface area contributed by atoms with Crippen molar-refractivity contribution >= 4 is 16.8 Å². The number of nitrogens with zero attached hydrogens (tertiary/aromatic N) is 2. The fraction of sp³-hybridized carbons (Fsp3) is 0.423. The minimum atomic E-state index is -0.207. The molecule has 1 aliphatic rings. The Morgan fingerprint density at radius 3 is 2.52 bits per heavy atom. The molecule has 1 atom stereocenters. The standard InChI is InChI=1S/C26H32FN3O/c1-3-19(2)28-26(31)21-12-14-29(15-13-21)18-24-16-22-6-4-5-7-25(22)30(24)17-20-8-10-23(27)11-9-20/h4-11,16,19,21H,3,12-15,17-18H2,1-2H3,(H,28,31). The molecule has 31 heavy (non-hydrogen) atoms. The van der Waals surface area contributed by atoms with Crippen LogP contribution < -0.4 is 5.32 Å². The summed E-state index contributed by atoms with van der Waals surface area (Å²) in [6.45, 7) is 7.59. The zero-order valence-corrected chi connectivity index (χ0v) is 18.5. The van der Waals surface area contributed by atoms with Gasteiger partial charge in [0.15, 0.2) is 0 Å². The number of likely N-dealkylation sites (tertiary alicyclic amines) is 1. The molecular formula is C26H32FN3O. The minimum absolute atomic E-state index is 0.121. The third-order valence-corrected chi connectivity index (χ3v) is 6.50. The number of aromatic nitrogens is 1. The van der Waals surface area contributed by atoms with Crippen molar-refractivity contribution in [2.24, 2.45) is 5.92 Å². The summed E-state index contributed by atoms with van der Waals surface area (Å²) in [6, 6.07) is 17.7. The van der Waals surface area contributed by atoms with Gasteiger partial charge < -0.3 is 9.88 Å². The number of fused-ring (bicyclic) bond motifs is 1. The molecule has 0 bridgehead atoms. The number of hydrogen-bond donors (Lipinski definition) is 1. The summed E-state index contributed by atoms with van der Waals surface area (Å²) in [4.78, 5) is 14.9. The van der Waals surface area contributed by atoms with E-state index in [1.165, 1.54) is 28.7 Å². The van der Waals surface area contributed by atoms with Crippen LogP contribution in [0.25, 0.3) is 10.9 Å². The van der Waals surface area contributed by atoms with Crippen LogP contribution in [-0.4, -0.2) is 34.5 Å². The molecule has 1 fully saturated rings. The van der Waals surface area contributed by atoms with Crippen LogP contribution in [-0.2, 0) is 17.9 Å². The van der Waals surface area contributed by atoms with Crippen molar-refractivity contribution in [3.05, 3.63) is 71.7 Å². The Morgan fingerprint density at radius 1 is 1.10 bits per heavy atom. The van der Waals surface area contributed by atoms with Crippen molar-refractivity contribution in [2.45, 2.75) is 52.2 Å². The van der Waals surface area contributed by atoms with Crippen LogP contribution in [0.5, 0.6) is 0 Å². The van der Waals surface area contributed by atoms with E-state index in [0.717, 1.165) is 51.0 Å². The molecule has 3 aromatic rings. The molecule has 4 rings (SSSR count). The molecule has 0 saturated carbocycles. The Hall–Kier alpha value is -2.66. The fourth-order valence-corrected chi connectivity index (χ4v) is 4.40. The molecule has 164 valence electrons. The van der Waals surface area contributed by atoms with Gasteiger partial charge in [-0.05, 0) is 74.5 Å². The van der Waals surface area contributed by atoms with E-state index in [0.29, 0.717) is 0 Å². The van der Waals surface area contributed by atoms with E-state index in [9.17, 15) is 9.18 Å². The highest BCUT2D eigenvalue weighted by Crippen LogP contribution is 2.25. The number of halogens is 1. The highest BCUT2D eigenvalue weighted by molar-refractivity contribution is 5.81. The Morgan fingerprint density at radius 2 is 1.81 bits per heavy atom. The summed E-state index contributed by atoms with van der Waals surface area (Å²) in [5.74, 6) is 0.122. The van der Waals surface area contributed by atoms with Gasteiger partial charge in [0.25, 0.3) is 0 Å². The predicted molar refractivity (Wildman–Crippen MR) is 123 cm³/mol. The van der Waals surface area contributed by atoms with Gasteiger partial charge in [0, 0.05) is 36.3 Å². The second kappa shape index (κ2) is 9.65. The zero-order chi connectivity index (χ0) is 21.8. The Labute approximate surface area is 184 Å². The van der Waals surface area contributed by atoms with Gasteiger partial charge >= 0.3 is 0 Å². The summed E-state index contributed by atoms with van der Waals surface area (Å²) in [6.07, 6.45) is 2.77. The zero-order valence-electron chi connectivity index (χ0n) is 18.5. The summed E-state index contributed by atoms with van der Waals surface area (Å²) in [7, 11) is 0. The first kappa shape index (κ1) is 21.6. The molecule has 1 N–H and O–H groups in total. The third kappa shape index (κ3) is 5.16. The van der Waals surface area contributed by atoms with Crippen LogP contribution in [0.4, 0.5) is 4.39 Å².